The summed E-state index contributed by atoms with van der Waals surface area (Å²) in [7, 11) is 2.03. The van der Waals surface area contributed by atoms with Gasteiger partial charge >= 0.3 is 0 Å². The molecule has 6 heteroatoms. The standard InChI is InChI=1S/C18H23N3O3/c1-14-6-4-5-7-16(14)17(15(2)22)12-19-20-18(23)13-21(3)8-10-24-11-9-21/h4-7,12H,1-2,8-11,13H2,3H3,(H-,20,22,23)/p+1/b17-16-,19-12+. The van der Waals surface area contributed by atoms with Gasteiger partial charge < -0.3 is 14.3 Å². The van der Waals surface area contributed by atoms with E-state index in [1.165, 1.54) is 6.21 Å². The van der Waals surface area contributed by atoms with Gasteiger partial charge in [-0.15, -0.1) is 0 Å². The first-order valence-electron chi connectivity index (χ1n) is 7.81. The molecular formula is C18H24N3O3+. The predicted molar refractivity (Wildman–Crippen MR) is 94.6 cm³/mol. The van der Waals surface area contributed by atoms with Crippen molar-refractivity contribution in [2.24, 2.45) is 5.10 Å². The predicted octanol–water partition coefficient (Wildman–Crippen LogP) is -0.102. The number of aliphatic hydroxyl groups is 1. The molecule has 0 aliphatic carbocycles. The second kappa shape index (κ2) is 7.90. The third kappa shape index (κ3) is 4.78. The highest BCUT2D eigenvalue weighted by molar-refractivity contribution is 6.08. The molecule has 0 spiro atoms. The summed E-state index contributed by atoms with van der Waals surface area (Å²) >= 11 is 0. The average molecular weight is 330 g/mol. The third-order valence-electron chi connectivity index (χ3n) is 4.08. The van der Waals surface area contributed by atoms with Crippen molar-refractivity contribution in [3.8, 4) is 0 Å². The number of carbonyl (C=O) groups is 1. The zero-order chi connectivity index (χ0) is 17.6. The minimum absolute atomic E-state index is 0.128. The molecular weight excluding hydrogens is 306 g/mol. The molecule has 0 radical (unpaired) electrons. The molecule has 1 aliphatic rings. The van der Waals surface area contributed by atoms with E-state index in [0.29, 0.717) is 29.8 Å². The maximum Gasteiger partial charge on any atom is 0.295 e. The lowest BCUT2D eigenvalue weighted by Gasteiger charge is -2.36. The van der Waals surface area contributed by atoms with Crippen molar-refractivity contribution in [1.82, 2.24) is 5.43 Å². The molecule has 0 bridgehead atoms. The van der Waals surface area contributed by atoms with Gasteiger partial charge in [0, 0.05) is 5.57 Å². The zero-order valence-electron chi connectivity index (χ0n) is 14.0. The van der Waals surface area contributed by atoms with E-state index in [0.717, 1.165) is 23.5 Å². The smallest absolute Gasteiger partial charge is 0.295 e. The quantitative estimate of drug-likeness (QED) is 0.343. The second-order valence-corrected chi connectivity index (χ2v) is 6.15. The first-order valence-corrected chi connectivity index (χ1v) is 7.81. The lowest BCUT2D eigenvalue weighted by Crippen LogP contribution is -2.55. The van der Waals surface area contributed by atoms with Gasteiger partial charge in [0.1, 0.15) is 18.8 Å². The van der Waals surface area contributed by atoms with Crippen molar-refractivity contribution in [1.29, 1.82) is 0 Å². The van der Waals surface area contributed by atoms with Crippen LogP contribution in [0.5, 0.6) is 0 Å². The third-order valence-corrected chi connectivity index (χ3v) is 4.08. The van der Waals surface area contributed by atoms with Crippen LogP contribution >= 0.6 is 0 Å². The van der Waals surface area contributed by atoms with Crippen LogP contribution in [0.15, 0.2) is 41.7 Å². The molecule has 24 heavy (non-hydrogen) atoms. The van der Waals surface area contributed by atoms with E-state index in [2.05, 4.69) is 23.7 Å². The summed E-state index contributed by atoms with van der Waals surface area (Å²) in [5.74, 6) is -0.308. The Morgan fingerprint density at radius 3 is 2.71 bits per heavy atom. The van der Waals surface area contributed by atoms with Gasteiger partial charge in [0.2, 0.25) is 0 Å². The van der Waals surface area contributed by atoms with Crippen LogP contribution in [0, 0.1) is 0 Å². The number of hydrazone groups is 1. The van der Waals surface area contributed by atoms with Crippen molar-refractivity contribution in [3.05, 3.63) is 47.0 Å². The number of nitrogens with one attached hydrogen (secondary N) is 1. The van der Waals surface area contributed by atoms with E-state index in [1.807, 2.05) is 31.3 Å². The number of likely N-dealkylation sites (N-methyl/N-ethyl adjacent to an activating group) is 1. The lowest BCUT2D eigenvalue weighted by atomic mass is 10.1. The Kier molecular flexibility index (Phi) is 5.89. The van der Waals surface area contributed by atoms with Gasteiger partial charge in [-0.1, -0.05) is 37.4 Å². The number of quaternary nitrogens is 1. The number of hydrogen-bond donors (Lipinski definition) is 2. The number of aliphatic hydroxyl groups excluding tert-OH is 1. The van der Waals surface area contributed by atoms with Crippen molar-refractivity contribution in [3.63, 3.8) is 0 Å². The van der Waals surface area contributed by atoms with Crippen LogP contribution in [0.1, 0.15) is 0 Å². The number of hydrogen-bond acceptors (Lipinski definition) is 4. The van der Waals surface area contributed by atoms with Crippen molar-refractivity contribution < 1.29 is 19.1 Å². The maximum absolute atomic E-state index is 12.1. The highest BCUT2D eigenvalue weighted by Crippen LogP contribution is 2.06. The van der Waals surface area contributed by atoms with Crippen LogP contribution in [-0.4, -0.2) is 61.6 Å². The molecule has 0 aromatic heterocycles. The highest BCUT2D eigenvalue weighted by atomic mass is 16.5. The number of benzene rings is 1. The monoisotopic (exact) mass is 330 g/mol. The Morgan fingerprint density at radius 1 is 1.42 bits per heavy atom. The molecule has 128 valence electrons. The molecule has 6 nitrogen and oxygen atoms in total. The van der Waals surface area contributed by atoms with Crippen LogP contribution < -0.4 is 15.9 Å². The summed E-state index contributed by atoms with van der Waals surface area (Å²) in [5, 5.41) is 15.2. The molecule has 2 N–H and O–H groups in total. The topological polar surface area (TPSA) is 70.9 Å². The van der Waals surface area contributed by atoms with Crippen LogP contribution in [-0.2, 0) is 9.53 Å². The Bertz CT molecular complexity index is 749. The Hall–Kier alpha value is -2.44. The fourth-order valence-corrected chi connectivity index (χ4v) is 2.58. The normalized spacial score (nSPS) is 18.2. The van der Waals surface area contributed by atoms with Gasteiger partial charge in [-0.05, 0) is 10.4 Å². The molecule has 1 fully saturated rings. The molecule has 2 rings (SSSR count). The minimum atomic E-state index is -0.179. The summed E-state index contributed by atoms with van der Waals surface area (Å²) < 4.78 is 5.95. The molecule has 1 aliphatic heterocycles. The van der Waals surface area contributed by atoms with E-state index in [1.54, 1.807) is 0 Å². The Labute approximate surface area is 141 Å². The summed E-state index contributed by atoms with van der Waals surface area (Å²) in [6.07, 6.45) is 1.39. The number of allylic oxidation sites excluding steroid dienone is 1. The lowest BCUT2D eigenvalue weighted by molar-refractivity contribution is -0.909. The van der Waals surface area contributed by atoms with Crippen molar-refractivity contribution in [2.75, 3.05) is 39.9 Å². The van der Waals surface area contributed by atoms with E-state index >= 15 is 0 Å². The van der Waals surface area contributed by atoms with E-state index < -0.39 is 0 Å². The summed E-state index contributed by atoms with van der Waals surface area (Å²) in [5.41, 5.74) is 2.93. The summed E-state index contributed by atoms with van der Waals surface area (Å²) in [6, 6.07) is 7.33. The fraction of sp³-hybridized carbons (Fsp3) is 0.333. The van der Waals surface area contributed by atoms with E-state index in [9.17, 15) is 9.90 Å². The molecule has 0 atom stereocenters. The van der Waals surface area contributed by atoms with Crippen LogP contribution in [0.25, 0.3) is 12.2 Å². The minimum Gasteiger partial charge on any atom is -0.508 e. The summed E-state index contributed by atoms with van der Waals surface area (Å²) in [4.78, 5) is 12.1. The van der Waals surface area contributed by atoms with Gasteiger partial charge in [0.05, 0.1) is 26.5 Å². The summed E-state index contributed by atoms with van der Waals surface area (Å²) in [6.45, 7) is 10.7. The number of ether oxygens (including phenoxy) is 1. The Morgan fingerprint density at radius 2 is 2.08 bits per heavy atom. The Balaban J connectivity index is 2.08. The molecule has 0 unspecified atom stereocenters. The van der Waals surface area contributed by atoms with Crippen molar-refractivity contribution >= 4 is 24.3 Å². The van der Waals surface area contributed by atoms with Crippen LogP contribution in [0.4, 0.5) is 0 Å². The molecule has 1 aromatic carbocycles. The van der Waals surface area contributed by atoms with Crippen LogP contribution in [0.2, 0.25) is 0 Å². The van der Waals surface area contributed by atoms with Crippen molar-refractivity contribution in [2.45, 2.75) is 0 Å². The number of carbonyl (C=O) groups excluding carboxylic acids is 1. The van der Waals surface area contributed by atoms with Gasteiger partial charge in [0.15, 0.2) is 6.54 Å². The first kappa shape index (κ1) is 17.9. The molecule has 0 saturated carbocycles. The van der Waals surface area contributed by atoms with Gasteiger partial charge in [0.25, 0.3) is 5.91 Å². The van der Waals surface area contributed by atoms with E-state index in [4.69, 9.17) is 4.74 Å². The van der Waals surface area contributed by atoms with Gasteiger partial charge in [-0.3, -0.25) is 4.79 Å². The molecule has 1 heterocycles. The maximum atomic E-state index is 12.1. The largest absolute Gasteiger partial charge is 0.508 e. The van der Waals surface area contributed by atoms with Gasteiger partial charge in [-0.25, -0.2) is 5.43 Å². The number of nitrogens with zero attached hydrogens (tertiary/aromatic N) is 2. The second-order valence-electron chi connectivity index (χ2n) is 6.15. The zero-order valence-corrected chi connectivity index (χ0v) is 14.0. The van der Waals surface area contributed by atoms with Gasteiger partial charge in [-0.2, -0.15) is 5.10 Å². The number of amides is 1. The molecule has 1 amide bonds. The first-order chi connectivity index (χ1) is 11.4. The number of rotatable bonds is 5. The highest BCUT2D eigenvalue weighted by Gasteiger charge is 2.27. The SMILES string of the molecule is C=C(O)C(/C=N/NC(=O)C[N+]1(C)CCOCC1)=c1/ccccc1=C. The van der Waals surface area contributed by atoms with E-state index in [-0.39, 0.29) is 11.7 Å². The number of morpholine rings is 1. The van der Waals surface area contributed by atoms with Crippen LogP contribution in [0.3, 0.4) is 0 Å². The molecule has 1 aromatic rings. The molecule has 1 saturated heterocycles. The average Bonchev–Trinajstić information content (AvgIpc) is 2.52. The fourth-order valence-electron chi connectivity index (χ4n) is 2.58.